The topological polar surface area (TPSA) is 79.4 Å². The van der Waals surface area contributed by atoms with Gasteiger partial charge in [-0.2, -0.15) is 0 Å². The third kappa shape index (κ3) is 3.65. The zero-order valence-electron chi connectivity index (χ0n) is 15.2. The van der Waals surface area contributed by atoms with E-state index in [-0.39, 0.29) is 44.7 Å². The number of rotatable bonds is 4. The average molecular weight is 444 g/mol. The number of fused-ring (bicyclic) bond motifs is 1. The number of imide groups is 1. The highest BCUT2D eigenvalue weighted by molar-refractivity contribution is 6.39. The molecule has 0 radical (unpaired) electrons. The summed E-state index contributed by atoms with van der Waals surface area (Å²) in [6, 6.07) is 11.2. The maximum Gasteiger partial charge on any atom is 0.274 e. The van der Waals surface area contributed by atoms with Crippen molar-refractivity contribution >= 4 is 46.6 Å². The molecule has 9 heteroatoms. The molecule has 1 aromatic heterocycles. The lowest BCUT2D eigenvalue weighted by Gasteiger charge is -2.17. The van der Waals surface area contributed by atoms with Gasteiger partial charge in [-0.3, -0.25) is 24.3 Å². The number of carbonyl (C=O) groups is 3. The van der Waals surface area contributed by atoms with Crippen molar-refractivity contribution in [1.29, 1.82) is 0 Å². The lowest BCUT2D eigenvalue weighted by atomic mass is 10.1. The Hall–Kier alpha value is -3.29. The fraction of sp³-hybridized carbons (Fsp3) is 0.0476. The molecule has 0 spiro atoms. The van der Waals surface area contributed by atoms with E-state index in [1.807, 2.05) is 0 Å². The van der Waals surface area contributed by atoms with E-state index in [2.05, 4.69) is 10.3 Å². The minimum atomic E-state index is -0.622. The van der Waals surface area contributed by atoms with Crippen LogP contribution >= 0.6 is 23.2 Å². The van der Waals surface area contributed by atoms with Gasteiger partial charge in [0.15, 0.2) is 0 Å². The molecule has 3 amide bonds. The summed E-state index contributed by atoms with van der Waals surface area (Å²) >= 11 is 12.0. The fourth-order valence-corrected chi connectivity index (χ4v) is 3.72. The second-order valence-electron chi connectivity index (χ2n) is 6.48. The van der Waals surface area contributed by atoms with Gasteiger partial charge >= 0.3 is 0 Å². The van der Waals surface area contributed by atoms with Crippen LogP contribution in [-0.4, -0.2) is 27.6 Å². The Kier molecular flexibility index (Phi) is 5.24. The van der Waals surface area contributed by atoms with Gasteiger partial charge < -0.3 is 5.32 Å². The van der Waals surface area contributed by atoms with Crippen molar-refractivity contribution in [1.82, 2.24) is 9.88 Å². The van der Waals surface area contributed by atoms with E-state index in [1.54, 1.807) is 12.1 Å². The van der Waals surface area contributed by atoms with E-state index in [4.69, 9.17) is 23.2 Å². The number of hydrogen-bond donors (Lipinski definition) is 1. The molecule has 150 valence electrons. The second kappa shape index (κ2) is 7.85. The summed E-state index contributed by atoms with van der Waals surface area (Å²) < 4.78 is 13.9. The first-order valence-electron chi connectivity index (χ1n) is 8.71. The summed E-state index contributed by atoms with van der Waals surface area (Å²) in [6.07, 6.45) is 1.47. The van der Waals surface area contributed by atoms with Crippen molar-refractivity contribution < 1.29 is 18.8 Å². The molecule has 0 saturated heterocycles. The van der Waals surface area contributed by atoms with Crippen LogP contribution in [0.4, 0.5) is 10.1 Å². The van der Waals surface area contributed by atoms with Crippen molar-refractivity contribution in [3.8, 4) is 0 Å². The number of pyridine rings is 1. The summed E-state index contributed by atoms with van der Waals surface area (Å²) in [6.45, 7) is -0.268. The van der Waals surface area contributed by atoms with Gasteiger partial charge in [0.2, 0.25) is 0 Å². The van der Waals surface area contributed by atoms with Gasteiger partial charge in [-0.15, -0.1) is 0 Å². The zero-order valence-corrected chi connectivity index (χ0v) is 16.7. The minimum absolute atomic E-state index is 0.0431. The molecule has 4 rings (SSSR count). The standard InChI is InChI=1S/C21H12Cl2FN3O3/c22-12-8-14-18(15(23)9-12)21(30)27(20(14)29)10-11-7-13(24)4-5-16(11)26-19(28)17-3-1-2-6-25-17/h1-9H,10H2,(H,26,28). The van der Waals surface area contributed by atoms with Crippen LogP contribution < -0.4 is 5.32 Å². The number of halogens is 3. The molecule has 0 saturated carbocycles. The van der Waals surface area contributed by atoms with Gasteiger partial charge in [0.05, 0.1) is 22.7 Å². The summed E-state index contributed by atoms with van der Waals surface area (Å²) in [7, 11) is 0. The minimum Gasteiger partial charge on any atom is -0.320 e. The Bertz CT molecular complexity index is 1200. The fourth-order valence-electron chi connectivity index (χ4n) is 3.14. The number of nitrogens with zero attached hydrogens (tertiary/aromatic N) is 2. The Morgan fingerprint density at radius 1 is 1.07 bits per heavy atom. The Morgan fingerprint density at radius 3 is 2.60 bits per heavy atom. The molecule has 1 aliphatic heterocycles. The Morgan fingerprint density at radius 2 is 1.87 bits per heavy atom. The van der Waals surface area contributed by atoms with Crippen LogP contribution in [-0.2, 0) is 6.54 Å². The molecule has 30 heavy (non-hydrogen) atoms. The SMILES string of the molecule is O=C(Nc1ccc(F)cc1CN1C(=O)c2cc(Cl)cc(Cl)c2C1=O)c1ccccn1. The van der Waals surface area contributed by atoms with E-state index in [1.165, 1.54) is 30.5 Å². The van der Waals surface area contributed by atoms with Crippen LogP contribution in [0, 0.1) is 5.82 Å². The van der Waals surface area contributed by atoms with E-state index in [9.17, 15) is 18.8 Å². The van der Waals surface area contributed by atoms with Crippen molar-refractivity contribution in [2.24, 2.45) is 0 Å². The molecular formula is C21H12Cl2FN3O3. The average Bonchev–Trinajstić information content (AvgIpc) is 2.95. The first-order chi connectivity index (χ1) is 14.3. The quantitative estimate of drug-likeness (QED) is 0.598. The summed E-state index contributed by atoms with van der Waals surface area (Å²) in [4.78, 5) is 42.8. The molecule has 0 fully saturated rings. The van der Waals surface area contributed by atoms with Crippen LogP contribution in [0.3, 0.4) is 0 Å². The molecule has 0 unspecified atom stereocenters. The highest BCUT2D eigenvalue weighted by Crippen LogP contribution is 2.34. The molecule has 0 aliphatic carbocycles. The Balaban J connectivity index is 1.65. The van der Waals surface area contributed by atoms with Crippen molar-refractivity contribution in [3.05, 3.63) is 93.0 Å². The predicted octanol–water partition coefficient (Wildman–Crippen LogP) is 4.58. The lowest BCUT2D eigenvalue weighted by Crippen LogP contribution is -2.30. The molecular weight excluding hydrogens is 432 g/mol. The number of nitrogens with one attached hydrogen (secondary N) is 1. The van der Waals surface area contributed by atoms with E-state index in [0.29, 0.717) is 0 Å². The zero-order chi connectivity index (χ0) is 21.4. The predicted molar refractivity (Wildman–Crippen MR) is 109 cm³/mol. The van der Waals surface area contributed by atoms with Gasteiger partial charge in [0, 0.05) is 16.9 Å². The van der Waals surface area contributed by atoms with Gasteiger partial charge in [-0.25, -0.2) is 4.39 Å². The van der Waals surface area contributed by atoms with Crippen molar-refractivity contribution in [2.75, 3.05) is 5.32 Å². The number of anilines is 1. The van der Waals surface area contributed by atoms with Crippen LogP contribution in [0.15, 0.2) is 54.7 Å². The van der Waals surface area contributed by atoms with Crippen LogP contribution in [0.1, 0.15) is 36.8 Å². The van der Waals surface area contributed by atoms with Gasteiger partial charge in [-0.05, 0) is 48.0 Å². The molecule has 0 atom stereocenters. The first kappa shape index (κ1) is 20.0. The number of carbonyl (C=O) groups excluding carboxylic acids is 3. The summed E-state index contributed by atoms with van der Waals surface area (Å²) in [5.74, 6) is -2.33. The van der Waals surface area contributed by atoms with Crippen LogP contribution in [0.2, 0.25) is 10.0 Å². The van der Waals surface area contributed by atoms with Crippen LogP contribution in [0.25, 0.3) is 0 Å². The highest BCUT2D eigenvalue weighted by atomic mass is 35.5. The maximum absolute atomic E-state index is 13.9. The van der Waals surface area contributed by atoms with E-state index >= 15 is 0 Å². The molecule has 6 nitrogen and oxygen atoms in total. The molecule has 1 N–H and O–H groups in total. The first-order valence-corrected chi connectivity index (χ1v) is 9.47. The number of hydrogen-bond acceptors (Lipinski definition) is 4. The second-order valence-corrected chi connectivity index (χ2v) is 7.32. The number of amides is 3. The van der Waals surface area contributed by atoms with Crippen molar-refractivity contribution in [3.63, 3.8) is 0 Å². The maximum atomic E-state index is 13.9. The number of aromatic nitrogens is 1. The van der Waals surface area contributed by atoms with E-state index < -0.39 is 23.5 Å². The van der Waals surface area contributed by atoms with Gasteiger partial charge in [0.25, 0.3) is 17.7 Å². The largest absolute Gasteiger partial charge is 0.320 e. The molecule has 0 bridgehead atoms. The van der Waals surface area contributed by atoms with Crippen molar-refractivity contribution in [2.45, 2.75) is 6.54 Å². The summed E-state index contributed by atoms with van der Waals surface area (Å²) in [5, 5.41) is 2.91. The van der Waals surface area contributed by atoms with Gasteiger partial charge in [-0.1, -0.05) is 29.3 Å². The monoisotopic (exact) mass is 443 g/mol. The smallest absolute Gasteiger partial charge is 0.274 e. The third-order valence-electron chi connectivity index (χ3n) is 4.53. The summed E-state index contributed by atoms with van der Waals surface area (Å²) in [5.41, 5.74) is 0.758. The highest BCUT2D eigenvalue weighted by Gasteiger charge is 2.38. The van der Waals surface area contributed by atoms with Crippen LogP contribution in [0.5, 0.6) is 0 Å². The number of benzene rings is 2. The normalized spacial score (nSPS) is 12.8. The Labute approximate surface area is 180 Å². The molecule has 2 aromatic carbocycles. The lowest BCUT2D eigenvalue weighted by molar-refractivity contribution is 0.0642. The molecule has 3 aromatic rings. The molecule has 1 aliphatic rings. The van der Waals surface area contributed by atoms with E-state index in [0.717, 1.165) is 17.0 Å². The molecule has 2 heterocycles. The van der Waals surface area contributed by atoms with Gasteiger partial charge in [0.1, 0.15) is 11.5 Å². The third-order valence-corrected chi connectivity index (χ3v) is 5.05.